The second kappa shape index (κ2) is 8.86. The Kier molecular flexibility index (Phi) is 6.51. The number of nitrogens with zero attached hydrogens (tertiary/aromatic N) is 3. The van der Waals surface area contributed by atoms with E-state index in [4.69, 9.17) is 4.98 Å². The van der Waals surface area contributed by atoms with Crippen LogP contribution >= 0.6 is 34.4 Å². The zero-order valence-electron chi connectivity index (χ0n) is 15.3. The molecule has 0 unspecified atom stereocenters. The monoisotopic (exact) mass is 419 g/mol. The molecule has 0 radical (unpaired) electrons. The van der Waals surface area contributed by atoms with E-state index < -0.39 is 0 Å². The van der Waals surface area contributed by atoms with Gasteiger partial charge in [0.15, 0.2) is 5.16 Å². The van der Waals surface area contributed by atoms with Crippen molar-refractivity contribution < 1.29 is 4.79 Å². The molecule has 0 aliphatic rings. The maximum absolute atomic E-state index is 13.2. The molecule has 5 nitrogen and oxygen atoms in total. The number of amides is 1. The topological polar surface area (TPSA) is 55.2 Å². The molecule has 1 amide bonds. The minimum absolute atomic E-state index is 0.0509. The van der Waals surface area contributed by atoms with Crippen LogP contribution in [0, 0.1) is 0 Å². The van der Waals surface area contributed by atoms with Gasteiger partial charge in [0.05, 0.1) is 11.1 Å². The molecule has 3 rings (SSSR count). The minimum atomic E-state index is -0.0812. The zero-order chi connectivity index (χ0) is 19.4. The van der Waals surface area contributed by atoms with Crippen molar-refractivity contribution in [1.82, 2.24) is 14.5 Å². The highest BCUT2D eigenvalue weighted by atomic mass is 32.2. The Morgan fingerprint density at radius 2 is 2.15 bits per heavy atom. The van der Waals surface area contributed by atoms with Gasteiger partial charge in [0, 0.05) is 35.5 Å². The SMILES string of the molecule is C=CCn1c(SCC(=O)N(CC)CC)nc2scc(-c3cccs3)c2c1=O. The number of carbonyl (C=O) groups is 1. The average Bonchev–Trinajstić information content (AvgIpc) is 3.33. The Bertz CT molecular complexity index is 1000. The molecule has 0 spiro atoms. The van der Waals surface area contributed by atoms with Crippen molar-refractivity contribution >= 4 is 50.6 Å². The largest absolute Gasteiger partial charge is 0.343 e. The zero-order valence-corrected chi connectivity index (χ0v) is 17.8. The fourth-order valence-electron chi connectivity index (χ4n) is 2.81. The summed E-state index contributed by atoms with van der Waals surface area (Å²) in [5.74, 6) is 0.315. The molecule has 0 saturated carbocycles. The maximum Gasteiger partial charge on any atom is 0.263 e. The van der Waals surface area contributed by atoms with Crippen molar-refractivity contribution in [2.45, 2.75) is 25.5 Å². The molecule has 27 heavy (non-hydrogen) atoms. The summed E-state index contributed by atoms with van der Waals surface area (Å²) in [4.78, 5) is 33.8. The number of carbonyl (C=O) groups excluding carboxylic acids is 1. The number of rotatable bonds is 8. The number of allylic oxidation sites excluding steroid dienone is 1. The molecule has 8 heteroatoms. The van der Waals surface area contributed by atoms with E-state index in [1.807, 2.05) is 36.7 Å². The number of fused-ring (bicyclic) bond motifs is 1. The van der Waals surface area contributed by atoms with Crippen molar-refractivity contribution in [2.75, 3.05) is 18.8 Å². The number of aromatic nitrogens is 2. The highest BCUT2D eigenvalue weighted by Crippen LogP contribution is 2.34. The van der Waals surface area contributed by atoms with Crippen molar-refractivity contribution in [3.8, 4) is 10.4 Å². The van der Waals surface area contributed by atoms with Crippen molar-refractivity contribution in [3.63, 3.8) is 0 Å². The Morgan fingerprint density at radius 3 is 2.78 bits per heavy atom. The van der Waals surface area contributed by atoms with Gasteiger partial charge in [0.25, 0.3) is 5.56 Å². The van der Waals surface area contributed by atoms with Gasteiger partial charge in [0.1, 0.15) is 4.83 Å². The first kappa shape index (κ1) is 19.9. The standard InChI is InChI=1S/C19H21N3O2S3/c1-4-9-22-18(24)16-13(14-8-7-10-25-14)11-26-17(16)20-19(22)27-12-15(23)21(5-2)6-3/h4,7-8,10-11H,1,5-6,9,12H2,2-3H3. The Hall–Kier alpha value is -1.90. The van der Waals surface area contributed by atoms with Crippen LogP contribution in [0.5, 0.6) is 0 Å². The van der Waals surface area contributed by atoms with Gasteiger partial charge in [-0.15, -0.1) is 29.3 Å². The predicted molar refractivity (Wildman–Crippen MR) is 116 cm³/mol. The van der Waals surface area contributed by atoms with Crippen molar-refractivity contribution in [2.24, 2.45) is 0 Å². The summed E-state index contributed by atoms with van der Waals surface area (Å²) in [5.41, 5.74) is 0.846. The molecular formula is C19H21N3O2S3. The van der Waals surface area contributed by atoms with Gasteiger partial charge < -0.3 is 4.90 Å². The van der Waals surface area contributed by atoms with E-state index in [2.05, 4.69) is 6.58 Å². The summed E-state index contributed by atoms with van der Waals surface area (Å²) in [6.07, 6.45) is 1.68. The summed E-state index contributed by atoms with van der Waals surface area (Å²) in [6, 6.07) is 3.98. The lowest BCUT2D eigenvalue weighted by molar-refractivity contribution is -0.127. The number of hydrogen-bond acceptors (Lipinski definition) is 6. The predicted octanol–water partition coefficient (Wildman–Crippen LogP) is 4.33. The molecule has 0 aliphatic heterocycles. The van der Waals surface area contributed by atoms with Gasteiger partial charge in [-0.05, 0) is 25.3 Å². The number of thioether (sulfide) groups is 1. The second-order valence-electron chi connectivity index (χ2n) is 5.76. The molecule has 0 saturated heterocycles. The summed E-state index contributed by atoms with van der Waals surface area (Å²) in [6.45, 7) is 9.40. The number of thiophene rings is 2. The average molecular weight is 420 g/mol. The van der Waals surface area contributed by atoms with E-state index in [9.17, 15) is 9.59 Å². The van der Waals surface area contributed by atoms with E-state index in [-0.39, 0.29) is 17.2 Å². The fraction of sp³-hybridized carbons (Fsp3) is 0.316. The lowest BCUT2D eigenvalue weighted by atomic mass is 10.2. The number of hydrogen-bond donors (Lipinski definition) is 0. The third kappa shape index (κ3) is 4.02. The molecule has 0 N–H and O–H groups in total. The normalized spacial score (nSPS) is 11.0. The van der Waals surface area contributed by atoms with Gasteiger partial charge in [-0.25, -0.2) is 4.98 Å². The van der Waals surface area contributed by atoms with E-state index >= 15 is 0 Å². The Balaban J connectivity index is 2.01. The second-order valence-corrected chi connectivity index (χ2v) is 8.51. The maximum atomic E-state index is 13.2. The summed E-state index contributed by atoms with van der Waals surface area (Å²) in [5, 5.41) is 5.19. The van der Waals surface area contributed by atoms with Crippen LogP contribution in [0.2, 0.25) is 0 Å². The van der Waals surface area contributed by atoms with Crippen molar-refractivity contribution in [3.05, 3.63) is 45.9 Å². The van der Waals surface area contributed by atoms with E-state index in [1.165, 1.54) is 23.1 Å². The van der Waals surface area contributed by atoms with Gasteiger partial charge in [0.2, 0.25) is 5.91 Å². The Morgan fingerprint density at radius 1 is 1.37 bits per heavy atom. The molecule has 0 atom stereocenters. The van der Waals surface area contributed by atoms with Crippen LogP contribution in [0.25, 0.3) is 20.7 Å². The molecular weight excluding hydrogens is 398 g/mol. The Labute approximate surface area is 170 Å². The van der Waals surface area contributed by atoms with E-state index in [0.717, 1.165) is 10.4 Å². The lowest BCUT2D eigenvalue weighted by Gasteiger charge is -2.18. The molecule has 3 aromatic heterocycles. The highest BCUT2D eigenvalue weighted by Gasteiger charge is 2.19. The van der Waals surface area contributed by atoms with Crippen LogP contribution < -0.4 is 5.56 Å². The first-order chi connectivity index (χ1) is 13.1. The van der Waals surface area contributed by atoms with Gasteiger partial charge in [-0.1, -0.05) is 23.9 Å². The van der Waals surface area contributed by atoms with Crippen LogP contribution in [0.3, 0.4) is 0 Å². The fourth-order valence-corrected chi connectivity index (χ4v) is 5.53. The molecule has 0 bridgehead atoms. The van der Waals surface area contributed by atoms with E-state index in [1.54, 1.807) is 26.9 Å². The first-order valence-corrected chi connectivity index (χ1v) is 11.4. The van der Waals surface area contributed by atoms with Gasteiger partial charge >= 0.3 is 0 Å². The van der Waals surface area contributed by atoms with Crippen molar-refractivity contribution in [1.29, 1.82) is 0 Å². The van der Waals surface area contributed by atoms with Crippen LogP contribution in [0.4, 0.5) is 0 Å². The highest BCUT2D eigenvalue weighted by molar-refractivity contribution is 7.99. The van der Waals surface area contributed by atoms with Gasteiger partial charge in [-0.2, -0.15) is 0 Å². The molecule has 0 fully saturated rings. The summed E-state index contributed by atoms with van der Waals surface area (Å²) < 4.78 is 1.61. The smallest absolute Gasteiger partial charge is 0.263 e. The van der Waals surface area contributed by atoms with Crippen LogP contribution in [-0.2, 0) is 11.3 Å². The first-order valence-electron chi connectivity index (χ1n) is 8.68. The molecule has 3 aromatic rings. The molecule has 3 heterocycles. The van der Waals surface area contributed by atoms with E-state index in [0.29, 0.717) is 35.0 Å². The third-order valence-corrected chi connectivity index (χ3v) is 6.93. The summed E-state index contributed by atoms with van der Waals surface area (Å²) in [7, 11) is 0. The van der Waals surface area contributed by atoms with Gasteiger partial charge in [-0.3, -0.25) is 14.2 Å². The summed E-state index contributed by atoms with van der Waals surface area (Å²) >= 11 is 4.38. The van der Waals surface area contributed by atoms with Crippen LogP contribution in [0.1, 0.15) is 13.8 Å². The van der Waals surface area contributed by atoms with Crippen LogP contribution in [-0.4, -0.2) is 39.2 Å². The third-order valence-electron chi connectivity index (χ3n) is 4.20. The molecule has 0 aromatic carbocycles. The molecule has 0 aliphatic carbocycles. The molecule has 142 valence electrons. The quantitative estimate of drug-likeness (QED) is 0.310. The minimum Gasteiger partial charge on any atom is -0.343 e. The lowest BCUT2D eigenvalue weighted by Crippen LogP contribution is -2.32. The van der Waals surface area contributed by atoms with Crippen LogP contribution in [0.15, 0.2) is 45.5 Å².